The Morgan fingerprint density at radius 1 is 1.08 bits per heavy atom. The monoisotopic (exact) mass is 339 g/mol. The van der Waals surface area contributed by atoms with Crippen molar-refractivity contribution < 1.29 is 19.3 Å². The van der Waals surface area contributed by atoms with Gasteiger partial charge in [-0.05, 0) is 44.9 Å². The summed E-state index contributed by atoms with van der Waals surface area (Å²) in [5, 5.41) is 10.3. The van der Waals surface area contributed by atoms with E-state index in [1.807, 2.05) is 32.0 Å². The van der Waals surface area contributed by atoms with Crippen LogP contribution in [0.2, 0.25) is 0 Å². The van der Waals surface area contributed by atoms with Crippen molar-refractivity contribution in [3.63, 3.8) is 0 Å². The zero-order chi connectivity index (χ0) is 18.1. The summed E-state index contributed by atoms with van der Waals surface area (Å²) in [5.74, 6) is 1.45. The average Bonchev–Trinajstić information content (AvgIpc) is 2.58. The van der Waals surface area contributed by atoms with Gasteiger partial charge in [-0.2, -0.15) is 0 Å². The third kappa shape index (κ3) is 6.67. The standard InChI is InChI=1S/C19H33NO4/c1-7-15(4)20(12-17(21)13-24-14(2)3)11-16-8-9-18(22-5)19(10-16)23-6/h8-10,14-15,17,21H,7,11-13H2,1-6H3/t15-,17+/m0/s1. The lowest BCUT2D eigenvalue weighted by Crippen LogP contribution is -2.40. The highest BCUT2D eigenvalue weighted by Gasteiger charge is 2.18. The van der Waals surface area contributed by atoms with Gasteiger partial charge in [0, 0.05) is 19.1 Å². The number of methoxy groups -OCH3 is 2. The van der Waals surface area contributed by atoms with E-state index in [-0.39, 0.29) is 6.10 Å². The van der Waals surface area contributed by atoms with E-state index in [1.165, 1.54) is 0 Å². The second kappa shape index (κ2) is 10.5. The van der Waals surface area contributed by atoms with E-state index in [2.05, 4.69) is 18.7 Å². The molecule has 0 aliphatic rings. The molecule has 5 nitrogen and oxygen atoms in total. The lowest BCUT2D eigenvalue weighted by Gasteiger charge is -2.30. The Morgan fingerprint density at radius 3 is 2.29 bits per heavy atom. The minimum atomic E-state index is -0.499. The van der Waals surface area contributed by atoms with Gasteiger partial charge in [-0.1, -0.05) is 13.0 Å². The first-order chi connectivity index (χ1) is 11.4. The van der Waals surface area contributed by atoms with Crippen LogP contribution in [0.25, 0.3) is 0 Å². The molecule has 0 fully saturated rings. The van der Waals surface area contributed by atoms with E-state index in [0.717, 1.165) is 30.0 Å². The van der Waals surface area contributed by atoms with E-state index in [1.54, 1.807) is 14.2 Å². The molecule has 0 aliphatic heterocycles. The molecular weight excluding hydrogens is 306 g/mol. The van der Waals surface area contributed by atoms with E-state index < -0.39 is 6.10 Å². The van der Waals surface area contributed by atoms with Gasteiger partial charge in [0.2, 0.25) is 0 Å². The number of hydrogen-bond acceptors (Lipinski definition) is 5. The topological polar surface area (TPSA) is 51.2 Å². The molecule has 0 aliphatic carbocycles. The fourth-order valence-corrected chi connectivity index (χ4v) is 2.50. The van der Waals surface area contributed by atoms with Crippen LogP contribution in [-0.2, 0) is 11.3 Å². The zero-order valence-corrected chi connectivity index (χ0v) is 15.9. The van der Waals surface area contributed by atoms with Crippen LogP contribution < -0.4 is 9.47 Å². The third-order valence-corrected chi connectivity index (χ3v) is 4.11. The van der Waals surface area contributed by atoms with Crippen molar-refractivity contribution in [3.05, 3.63) is 23.8 Å². The summed E-state index contributed by atoms with van der Waals surface area (Å²) in [7, 11) is 3.27. The zero-order valence-electron chi connectivity index (χ0n) is 15.9. The minimum absolute atomic E-state index is 0.127. The molecule has 1 aromatic carbocycles. The van der Waals surface area contributed by atoms with Crippen molar-refractivity contribution in [3.8, 4) is 11.5 Å². The first-order valence-corrected chi connectivity index (χ1v) is 8.65. The molecule has 1 rings (SSSR count). The molecule has 0 saturated carbocycles. The number of rotatable bonds is 11. The van der Waals surface area contributed by atoms with Gasteiger partial charge >= 0.3 is 0 Å². The molecule has 0 radical (unpaired) electrons. The molecule has 1 N–H and O–H groups in total. The lowest BCUT2D eigenvalue weighted by molar-refractivity contribution is -0.0149. The molecule has 2 atom stereocenters. The Kier molecular flexibility index (Phi) is 9.11. The lowest BCUT2D eigenvalue weighted by atomic mass is 10.1. The van der Waals surface area contributed by atoms with Gasteiger partial charge < -0.3 is 19.3 Å². The number of benzene rings is 1. The summed E-state index contributed by atoms with van der Waals surface area (Å²) in [6.07, 6.45) is 0.648. The molecular formula is C19H33NO4. The molecule has 0 spiro atoms. The first kappa shape index (κ1) is 20.7. The van der Waals surface area contributed by atoms with Crippen molar-refractivity contribution in [1.82, 2.24) is 4.90 Å². The highest BCUT2D eigenvalue weighted by molar-refractivity contribution is 5.42. The third-order valence-electron chi connectivity index (χ3n) is 4.11. The van der Waals surface area contributed by atoms with Gasteiger partial charge in [0.1, 0.15) is 0 Å². The van der Waals surface area contributed by atoms with Crippen molar-refractivity contribution in [2.24, 2.45) is 0 Å². The van der Waals surface area contributed by atoms with Crippen molar-refractivity contribution >= 4 is 0 Å². The number of nitrogens with zero attached hydrogens (tertiary/aromatic N) is 1. The summed E-state index contributed by atoms with van der Waals surface area (Å²) in [4.78, 5) is 2.27. The maximum Gasteiger partial charge on any atom is 0.161 e. The molecule has 0 amide bonds. The first-order valence-electron chi connectivity index (χ1n) is 8.65. The summed E-state index contributed by atoms with van der Waals surface area (Å²) < 4.78 is 16.2. The van der Waals surface area contributed by atoms with Gasteiger partial charge in [0.25, 0.3) is 0 Å². The molecule has 5 heteroatoms. The summed E-state index contributed by atoms with van der Waals surface area (Å²) in [6, 6.07) is 6.31. The van der Waals surface area contributed by atoms with Gasteiger partial charge in [-0.15, -0.1) is 0 Å². The van der Waals surface area contributed by atoms with E-state index in [9.17, 15) is 5.11 Å². The van der Waals surface area contributed by atoms with Crippen LogP contribution in [0, 0.1) is 0 Å². The Morgan fingerprint density at radius 2 is 1.75 bits per heavy atom. The fourth-order valence-electron chi connectivity index (χ4n) is 2.50. The van der Waals surface area contributed by atoms with Gasteiger partial charge in [-0.25, -0.2) is 0 Å². The molecule has 0 unspecified atom stereocenters. The molecule has 0 saturated heterocycles. The smallest absolute Gasteiger partial charge is 0.161 e. The van der Waals surface area contributed by atoms with Gasteiger partial charge in [-0.3, -0.25) is 4.90 Å². The van der Waals surface area contributed by atoms with E-state index in [4.69, 9.17) is 14.2 Å². The molecule has 138 valence electrons. The Labute approximate surface area is 146 Å². The molecule has 0 aromatic heterocycles. The van der Waals surface area contributed by atoms with Crippen LogP contribution in [0.4, 0.5) is 0 Å². The van der Waals surface area contributed by atoms with Crippen LogP contribution in [0.3, 0.4) is 0 Å². The predicted octanol–water partition coefficient (Wildman–Crippen LogP) is 3.09. The van der Waals surface area contributed by atoms with E-state index >= 15 is 0 Å². The van der Waals surface area contributed by atoms with Crippen LogP contribution >= 0.6 is 0 Å². The molecule has 0 heterocycles. The largest absolute Gasteiger partial charge is 0.493 e. The average molecular weight is 339 g/mol. The normalized spacial score (nSPS) is 14.0. The van der Waals surface area contributed by atoms with Crippen molar-refractivity contribution in [1.29, 1.82) is 0 Å². The Balaban J connectivity index is 2.79. The van der Waals surface area contributed by atoms with Crippen LogP contribution in [0.1, 0.15) is 39.7 Å². The fraction of sp³-hybridized carbons (Fsp3) is 0.684. The summed E-state index contributed by atoms with van der Waals surface area (Å²) in [6.45, 7) is 9.96. The number of hydrogen-bond donors (Lipinski definition) is 1. The van der Waals surface area contributed by atoms with Crippen molar-refractivity contribution in [2.75, 3.05) is 27.4 Å². The maximum atomic E-state index is 10.3. The summed E-state index contributed by atoms with van der Waals surface area (Å²) >= 11 is 0. The number of aliphatic hydroxyl groups excluding tert-OH is 1. The van der Waals surface area contributed by atoms with Crippen LogP contribution in [0.5, 0.6) is 11.5 Å². The summed E-state index contributed by atoms with van der Waals surface area (Å²) in [5.41, 5.74) is 1.13. The molecule has 1 aromatic rings. The van der Waals surface area contributed by atoms with Crippen LogP contribution in [0.15, 0.2) is 18.2 Å². The Bertz CT molecular complexity index is 478. The Hall–Kier alpha value is -1.30. The molecule has 24 heavy (non-hydrogen) atoms. The number of ether oxygens (including phenoxy) is 3. The van der Waals surface area contributed by atoms with Gasteiger partial charge in [0.05, 0.1) is 33.0 Å². The minimum Gasteiger partial charge on any atom is -0.493 e. The van der Waals surface area contributed by atoms with Crippen LogP contribution in [-0.4, -0.2) is 55.6 Å². The van der Waals surface area contributed by atoms with E-state index in [0.29, 0.717) is 19.2 Å². The second-order valence-electron chi connectivity index (χ2n) is 6.41. The maximum absolute atomic E-state index is 10.3. The van der Waals surface area contributed by atoms with Crippen molar-refractivity contribution in [2.45, 2.75) is 58.9 Å². The molecule has 0 bridgehead atoms. The number of aliphatic hydroxyl groups is 1. The van der Waals surface area contributed by atoms with Gasteiger partial charge in [0.15, 0.2) is 11.5 Å². The predicted molar refractivity (Wildman–Crippen MR) is 96.8 cm³/mol. The highest BCUT2D eigenvalue weighted by atomic mass is 16.5. The highest BCUT2D eigenvalue weighted by Crippen LogP contribution is 2.28. The quantitative estimate of drug-likeness (QED) is 0.671. The second-order valence-corrected chi connectivity index (χ2v) is 6.41. The SMILES string of the molecule is CC[C@H](C)N(Cc1ccc(OC)c(OC)c1)C[C@@H](O)COC(C)C.